The summed E-state index contributed by atoms with van der Waals surface area (Å²) in [5.74, 6) is 0.0311. The van der Waals surface area contributed by atoms with Crippen LogP contribution in [0.25, 0.3) is 11.5 Å². The SMILES string of the molecule is CCCN(CC(=O)O)Cc1nnc(-c2cccc(C)c2)o1. The van der Waals surface area contributed by atoms with Gasteiger partial charge >= 0.3 is 5.97 Å². The summed E-state index contributed by atoms with van der Waals surface area (Å²) in [7, 11) is 0. The van der Waals surface area contributed by atoms with Gasteiger partial charge in [0.1, 0.15) is 0 Å². The molecule has 0 unspecified atom stereocenters. The third kappa shape index (κ3) is 4.39. The van der Waals surface area contributed by atoms with E-state index in [0.29, 0.717) is 24.9 Å². The fourth-order valence-corrected chi connectivity index (χ4v) is 2.13. The molecule has 1 N–H and O–H groups in total. The maximum Gasteiger partial charge on any atom is 0.317 e. The molecule has 1 aromatic carbocycles. The Morgan fingerprint density at radius 3 is 2.86 bits per heavy atom. The zero-order chi connectivity index (χ0) is 15.2. The maximum atomic E-state index is 10.8. The average Bonchev–Trinajstić information content (AvgIpc) is 2.87. The first-order valence-electron chi connectivity index (χ1n) is 6.92. The van der Waals surface area contributed by atoms with E-state index in [1.54, 1.807) is 4.90 Å². The van der Waals surface area contributed by atoms with E-state index in [9.17, 15) is 4.79 Å². The summed E-state index contributed by atoms with van der Waals surface area (Å²) in [5, 5.41) is 16.9. The summed E-state index contributed by atoms with van der Waals surface area (Å²) < 4.78 is 5.63. The Labute approximate surface area is 123 Å². The zero-order valence-corrected chi connectivity index (χ0v) is 12.2. The van der Waals surface area contributed by atoms with Crippen LogP contribution in [0.2, 0.25) is 0 Å². The second kappa shape index (κ2) is 6.99. The van der Waals surface area contributed by atoms with E-state index in [1.165, 1.54) is 0 Å². The van der Waals surface area contributed by atoms with Gasteiger partial charge in [-0.05, 0) is 32.0 Å². The molecule has 0 spiro atoms. The van der Waals surface area contributed by atoms with Crippen LogP contribution in [-0.2, 0) is 11.3 Å². The minimum atomic E-state index is -0.859. The molecule has 0 saturated carbocycles. The number of aromatic nitrogens is 2. The van der Waals surface area contributed by atoms with Crippen molar-refractivity contribution in [1.82, 2.24) is 15.1 Å². The summed E-state index contributed by atoms with van der Waals surface area (Å²) in [4.78, 5) is 12.6. The monoisotopic (exact) mass is 289 g/mol. The molecule has 112 valence electrons. The Kier molecular flexibility index (Phi) is 5.05. The third-order valence-electron chi connectivity index (χ3n) is 2.99. The standard InChI is InChI=1S/C15H19N3O3/c1-3-7-18(10-14(19)20)9-13-16-17-15(21-13)12-6-4-5-11(2)8-12/h4-6,8H,3,7,9-10H2,1-2H3,(H,19,20). The lowest BCUT2D eigenvalue weighted by Crippen LogP contribution is -2.30. The van der Waals surface area contributed by atoms with Crippen molar-refractivity contribution < 1.29 is 14.3 Å². The molecule has 6 heteroatoms. The predicted molar refractivity (Wildman–Crippen MR) is 77.7 cm³/mol. The van der Waals surface area contributed by atoms with E-state index in [0.717, 1.165) is 17.5 Å². The summed E-state index contributed by atoms with van der Waals surface area (Å²) in [6.45, 7) is 4.99. The van der Waals surface area contributed by atoms with Gasteiger partial charge in [0.2, 0.25) is 11.8 Å². The first-order chi connectivity index (χ1) is 10.1. The number of rotatable bonds is 7. The fourth-order valence-electron chi connectivity index (χ4n) is 2.13. The molecule has 0 aliphatic rings. The molecule has 0 fully saturated rings. The topological polar surface area (TPSA) is 79.5 Å². The van der Waals surface area contributed by atoms with Gasteiger partial charge in [0.05, 0.1) is 13.1 Å². The van der Waals surface area contributed by atoms with Crippen LogP contribution in [0.4, 0.5) is 0 Å². The molecule has 0 amide bonds. The maximum absolute atomic E-state index is 10.8. The van der Waals surface area contributed by atoms with Crippen molar-refractivity contribution >= 4 is 5.97 Å². The molecule has 1 heterocycles. The molecule has 2 aromatic rings. The van der Waals surface area contributed by atoms with Crippen LogP contribution in [0.1, 0.15) is 24.8 Å². The number of hydrogen-bond donors (Lipinski definition) is 1. The zero-order valence-electron chi connectivity index (χ0n) is 12.2. The molecule has 2 rings (SSSR count). The number of aryl methyl sites for hydroxylation is 1. The van der Waals surface area contributed by atoms with Gasteiger partial charge in [0.15, 0.2) is 0 Å². The second-order valence-corrected chi connectivity index (χ2v) is 4.97. The first kappa shape index (κ1) is 15.2. The van der Waals surface area contributed by atoms with E-state index < -0.39 is 5.97 Å². The van der Waals surface area contributed by atoms with Crippen LogP contribution < -0.4 is 0 Å². The first-order valence-corrected chi connectivity index (χ1v) is 6.92. The lowest BCUT2D eigenvalue weighted by molar-refractivity contribution is -0.138. The number of benzene rings is 1. The molecular formula is C15H19N3O3. The number of carboxylic acid groups (broad SMARTS) is 1. The Balaban J connectivity index is 2.10. The highest BCUT2D eigenvalue weighted by Crippen LogP contribution is 2.19. The highest BCUT2D eigenvalue weighted by Gasteiger charge is 2.14. The summed E-state index contributed by atoms with van der Waals surface area (Å²) in [6.07, 6.45) is 0.867. The van der Waals surface area contributed by atoms with Crippen LogP contribution in [0.3, 0.4) is 0 Å². The van der Waals surface area contributed by atoms with Crippen molar-refractivity contribution in [3.8, 4) is 11.5 Å². The van der Waals surface area contributed by atoms with Gasteiger partial charge in [0.25, 0.3) is 0 Å². The van der Waals surface area contributed by atoms with E-state index in [1.807, 2.05) is 38.1 Å². The minimum Gasteiger partial charge on any atom is -0.480 e. The molecule has 0 saturated heterocycles. The largest absolute Gasteiger partial charge is 0.480 e. The van der Waals surface area contributed by atoms with Crippen molar-refractivity contribution in [2.24, 2.45) is 0 Å². The number of aliphatic carboxylic acids is 1. The van der Waals surface area contributed by atoms with Crippen LogP contribution >= 0.6 is 0 Å². The van der Waals surface area contributed by atoms with E-state index in [-0.39, 0.29) is 6.54 Å². The normalized spacial score (nSPS) is 11.0. The van der Waals surface area contributed by atoms with Gasteiger partial charge in [0, 0.05) is 5.56 Å². The van der Waals surface area contributed by atoms with Gasteiger partial charge in [-0.2, -0.15) is 0 Å². The molecule has 0 aliphatic carbocycles. The lowest BCUT2D eigenvalue weighted by Gasteiger charge is -2.16. The van der Waals surface area contributed by atoms with Crippen molar-refractivity contribution in [3.05, 3.63) is 35.7 Å². The van der Waals surface area contributed by atoms with Crippen LogP contribution in [0, 0.1) is 6.92 Å². The molecular weight excluding hydrogens is 270 g/mol. The number of carbonyl (C=O) groups is 1. The minimum absolute atomic E-state index is 0.0317. The summed E-state index contributed by atoms with van der Waals surface area (Å²) >= 11 is 0. The second-order valence-electron chi connectivity index (χ2n) is 4.97. The van der Waals surface area contributed by atoms with Crippen molar-refractivity contribution in [2.45, 2.75) is 26.8 Å². The fraction of sp³-hybridized carbons (Fsp3) is 0.400. The molecule has 0 radical (unpaired) electrons. The molecule has 6 nitrogen and oxygen atoms in total. The number of hydrogen-bond acceptors (Lipinski definition) is 5. The smallest absolute Gasteiger partial charge is 0.317 e. The number of nitrogens with zero attached hydrogens (tertiary/aromatic N) is 3. The molecule has 21 heavy (non-hydrogen) atoms. The molecule has 0 aliphatic heterocycles. The van der Waals surface area contributed by atoms with Crippen LogP contribution in [0.15, 0.2) is 28.7 Å². The Morgan fingerprint density at radius 2 is 2.19 bits per heavy atom. The van der Waals surface area contributed by atoms with E-state index in [4.69, 9.17) is 9.52 Å². The third-order valence-corrected chi connectivity index (χ3v) is 2.99. The number of carboxylic acids is 1. The van der Waals surface area contributed by atoms with Gasteiger partial charge in [-0.25, -0.2) is 0 Å². The molecule has 0 atom stereocenters. The van der Waals surface area contributed by atoms with Crippen molar-refractivity contribution in [2.75, 3.05) is 13.1 Å². The van der Waals surface area contributed by atoms with Gasteiger partial charge in [-0.3, -0.25) is 9.69 Å². The lowest BCUT2D eigenvalue weighted by atomic mass is 10.1. The Hall–Kier alpha value is -2.21. The van der Waals surface area contributed by atoms with Crippen LogP contribution in [0.5, 0.6) is 0 Å². The van der Waals surface area contributed by atoms with E-state index >= 15 is 0 Å². The quantitative estimate of drug-likeness (QED) is 0.842. The Morgan fingerprint density at radius 1 is 1.38 bits per heavy atom. The molecule has 1 aromatic heterocycles. The van der Waals surface area contributed by atoms with Gasteiger partial charge < -0.3 is 9.52 Å². The highest BCUT2D eigenvalue weighted by atomic mass is 16.4. The predicted octanol–water partition coefficient (Wildman–Crippen LogP) is 2.34. The van der Waals surface area contributed by atoms with Gasteiger partial charge in [-0.1, -0.05) is 24.6 Å². The Bertz CT molecular complexity index is 610. The average molecular weight is 289 g/mol. The van der Waals surface area contributed by atoms with E-state index in [2.05, 4.69) is 10.2 Å². The highest BCUT2D eigenvalue weighted by molar-refractivity contribution is 5.69. The van der Waals surface area contributed by atoms with Crippen molar-refractivity contribution in [1.29, 1.82) is 0 Å². The molecule has 0 bridgehead atoms. The van der Waals surface area contributed by atoms with Crippen molar-refractivity contribution in [3.63, 3.8) is 0 Å². The summed E-state index contributed by atoms with van der Waals surface area (Å²) in [6, 6.07) is 7.81. The van der Waals surface area contributed by atoms with Crippen LogP contribution in [-0.4, -0.2) is 39.3 Å². The summed E-state index contributed by atoms with van der Waals surface area (Å²) in [5.41, 5.74) is 1.99. The van der Waals surface area contributed by atoms with Gasteiger partial charge in [-0.15, -0.1) is 10.2 Å².